The molecule has 0 aromatic carbocycles. The van der Waals surface area contributed by atoms with E-state index in [-0.39, 0.29) is 0 Å². The van der Waals surface area contributed by atoms with Gasteiger partial charge >= 0.3 is 17.9 Å². The van der Waals surface area contributed by atoms with E-state index in [2.05, 4.69) is 9.47 Å². The van der Waals surface area contributed by atoms with Gasteiger partial charge in [-0.1, -0.05) is 0 Å². The van der Waals surface area contributed by atoms with Gasteiger partial charge in [-0.25, -0.2) is 14.4 Å². The highest BCUT2D eigenvalue weighted by Crippen LogP contribution is 2.07. The molecule has 1 saturated heterocycles. The molecule has 2 unspecified atom stereocenters. The summed E-state index contributed by atoms with van der Waals surface area (Å²) in [6, 6.07) is 0. The molecule has 0 spiro atoms. The number of aliphatic hydroxyl groups is 1. The van der Waals surface area contributed by atoms with E-state index in [1.165, 1.54) is 0 Å². The van der Waals surface area contributed by atoms with Gasteiger partial charge in [-0.15, -0.1) is 0 Å². The van der Waals surface area contributed by atoms with Crippen molar-refractivity contribution in [2.45, 2.75) is 12.2 Å². The Morgan fingerprint density at radius 3 is 2.54 bits per heavy atom. The monoisotopic (exact) mass is 190 g/mol. The van der Waals surface area contributed by atoms with E-state index in [4.69, 9.17) is 10.2 Å². The van der Waals surface area contributed by atoms with Crippen LogP contribution in [0, 0.1) is 0 Å². The van der Waals surface area contributed by atoms with Crippen molar-refractivity contribution in [1.82, 2.24) is 0 Å². The van der Waals surface area contributed by atoms with E-state index < -0.39 is 36.7 Å². The van der Waals surface area contributed by atoms with Crippen LogP contribution < -0.4 is 0 Å². The van der Waals surface area contributed by atoms with Gasteiger partial charge in [-0.2, -0.15) is 0 Å². The molecule has 2 N–H and O–H groups in total. The molecule has 7 nitrogen and oxygen atoms in total. The standard InChI is InChI=1S/C6H6O7/c7-3(4(8)9)2-1-12-5(10)6(11)13-2/h2-3,7H,1H2,(H,8,9). The van der Waals surface area contributed by atoms with Gasteiger partial charge in [0.1, 0.15) is 6.61 Å². The van der Waals surface area contributed by atoms with Crippen LogP contribution in [0.4, 0.5) is 0 Å². The van der Waals surface area contributed by atoms with Crippen LogP contribution in [0.3, 0.4) is 0 Å². The van der Waals surface area contributed by atoms with Crippen molar-refractivity contribution < 1.29 is 34.1 Å². The number of aliphatic hydroxyl groups excluding tert-OH is 1. The molecule has 13 heavy (non-hydrogen) atoms. The average molecular weight is 190 g/mol. The van der Waals surface area contributed by atoms with Crippen molar-refractivity contribution in [3.05, 3.63) is 0 Å². The molecular formula is C6H6O7. The molecule has 0 bridgehead atoms. The molecule has 0 radical (unpaired) electrons. The largest absolute Gasteiger partial charge is 0.479 e. The number of cyclic esters (lactones) is 2. The number of carbonyl (C=O) groups is 3. The van der Waals surface area contributed by atoms with Gasteiger partial charge in [0.05, 0.1) is 0 Å². The summed E-state index contributed by atoms with van der Waals surface area (Å²) in [5.41, 5.74) is 0. The molecule has 0 amide bonds. The first-order valence-electron chi connectivity index (χ1n) is 3.31. The van der Waals surface area contributed by atoms with Gasteiger partial charge in [0.25, 0.3) is 0 Å². The summed E-state index contributed by atoms with van der Waals surface area (Å²) in [6.45, 7) is -0.446. The van der Waals surface area contributed by atoms with E-state index in [0.29, 0.717) is 0 Å². The molecular weight excluding hydrogens is 184 g/mol. The van der Waals surface area contributed by atoms with E-state index >= 15 is 0 Å². The summed E-state index contributed by atoms with van der Waals surface area (Å²) in [5.74, 6) is -4.03. The van der Waals surface area contributed by atoms with Crippen LogP contribution >= 0.6 is 0 Å². The SMILES string of the molecule is O=C1OCC(C(O)C(=O)O)OC1=O. The second kappa shape index (κ2) is 3.40. The highest BCUT2D eigenvalue weighted by molar-refractivity contribution is 6.30. The minimum absolute atomic E-state index is 0.446. The first kappa shape index (κ1) is 9.46. The minimum atomic E-state index is -1.88. The zero-order chi connectivity index (χ0) is 10.0. The highest BCUT2D eigenvalue weighted by atomic mass is 16.6. The maximum atomic E-state index is 10.5. The van der Waals surface area contributed by atoms with Crippen LogP contribution in [0.5, 0.6) is 0 Å². The van der Waals surface area contributed by atoms with Crippen molar-refractivity contribution >= 4 is 17.9 Å². The maximum absolute atomic E-state index is 10.5. The predicted octanol–water partition coefficient (Wildman–Crippen LogP) is -2.10. The first-order chi connectivity index (χ1) is 6.02. The van der Waals surface area contributed by atoms with Crippen LogP contribution in [-0.4, -0.2) is 46.9 Å². The Hall–Kier alpha value is -1.63. The highest BCUT2D eigenvalue weighted by Gasteiger charge is 2.37. The summed E-state index contributed by atoms with van der Waals surface area (Å²) < 4.78 is 8.51. The summed E-state index contributed by atoms with van der Waals surface area (Å²) in [5, 5.41) is 17.2. The lowest BCUT2D eigenvalue weighted by Gasteiger charge is -2.23. The lowest BCUT2D eigenvalue weighted by molar-refractivity contribution is -0.194. The normalized spacial score (nSPS) is 24.5. The molecule has 0 aliphatic carbocycles. The second-order valence-electron chi connectivity index (χ2n) is 2.33. The van der Waals surface area contributed by atoms with Gasteiger partial charge < -0.3 is 19.7 Å². The van der Waals surface area contributed by atoms with Crippen LogP contribution in [-0.2, 0) is 23.9 Å². The van der Waals surface area contributed by atoms with Gasteiger partial charge in [-0.05, 0) is 0 Å². The Labute approximate surface area is 71.9 Å². The lowest BCUT2D eigenvalue weighted by atomic mass is 10.2. The molecule has 1 aliphatic heterocycles. The predicted molar refractivity (Wildman–Crippen MR) is 34.5 cm³/mol. The number of rotatable bonds is 2. The molecule has 72 valence electrons. The Balaban J connectivity index is 2.60. The van der Waals surface area contributed by atoms with E-state index in [9.17, 15) is 14.4 Å². The van der Waals surface area contributed by atoms with Crippen molar-refractivity contribution in [2.24, 2.45) is 0 Å². The summed E-state index contributed by atoms with van der Waals surface area (Å²) in [6.07, 6.45) is -3.21. The number of carbonyl (C=O) groups excluding carboxylic acids is 2. The smallest absolute Gasteiger partial charge is 0.417 e. The van der Waals surface area contributed by atoms with Gasteiger partial charge in [0.15, 0.2) is 12.2 Å². The zero-order valence-corrected chi connectivity index (χ0v) is 6.30. The van der Waals surface area contributed by atoms with Crippen molar-refractivity contribution in [1.29, 1.82) is 0 Å². The number of hydrogen-bond donors (Lipinski definition) is 2. The van der Waals surface area contributed by atoms with E-state index in [0.717, 1.165) is 0 Å². The lowest BCUT2D eigenvalue weighted by Crippen LogP contribution is -2.46. The molecule has 2 atom stereocenters. The third-order valence-electron chi connectivity index (χ3n) is 1.41. The fourth-order valence-corrected chi connectivity index (χ4v) is 0.751. The second-order valence-corrected chi connectivity index (χ2v) is 2.33. The fraction of sp³-hybridized carbons (Fsp3) is 0.500. The van der Waals surface area contributed by atoms with Crippen LogP contribution in [0.15, 0.2) is 0 Å². The maximum Gasteiger partial charge on any atom is 0.417 e. The molecule has 1 fully saturated rings. The number of ether oxygens (including phenoxy) is 2. The quantitative estimate of drug-likeness (QED) is 0.379. The molecule has 0 aromatic rings. The fourth-order valence-electron chi connectivity index (χ4n) is 0.751. The number of carboxylic acids is 1. The Morgan fingerprint density at radius 1 is 1.46 bits per heavy atom. The van der Waals surface area contributed by atoms with Crippen molar-refractivity contribution in [3.63, 3.8) is 0 Å². The van der Waals surface area contributed by atoms with Crippen LogP contribution in [0.1, 0.15) is 0 Å². The summed E-state index contributed by atoms with van der Waals surface area (Å²) in [4.78, 5) is 31.1. The third kappa shape index (κ3) is 1.94. The summed E-state index contributed by atoms with van der Waals surface area (Å²) >= 11 is 0. The van der Waals surface area contributed by atoms with Crippen molar-refractivity contribution in [3.8, 4) is 0 Å². The molecule has 0 aromatic heterocycles. The number of hydrogen-bond acceptors (Lipinski definition) is 6. The Morgan fingerprint density at radius 2 is 2.08 bits per heavy atom. The molecule has 1 heterocycles. The average Bonchev–Trinajstić information content (AvgIpc) is 2.08. The van der Waals surface area contributed by atoms with Gasteiger partial charge in [-0.3, -0.25) is 0 Å². The molecule has 1 rings (SSSR count). The molecule has 0 saturated carbocycles. The van der Waals surface area contributed by atoms with Gasteiger partial charge in [0, 0.05) is 0 Å². The minimum Gasteiger partial charge on any atom is -0.479 e. The molecule has 1 aliphatic rings. The van der Waals surface area contributed by atoms with Crippen LogP contribution in [0.25, 0.3) is 0 Å². The van der Waals surface area contributed by atoms with E-state index in [1.807, 2.05) is 0 Å². The first-order valence-corrected chi connectivity index (χ1v) is 3.31. The Bertz CT molecular complexity index is 258. The zero-order valence-electron chi connectivity index (χ0n) is 6.30. The number of carboxylic acid groups (broad SMARTS) is 1. The molecule has 7 heteroatoms. The van der Waals surface area contributed by atoms with Crippen molar-refractivity contribution in [2.75, 3.05) is 6.61 Å². The third-order valence-corrected chi connectivity index (χ3v) is 1.41. The number of aliphatic carboxylic acids is 1. The Kier molecular flexibility index (Phi) is 2.47. The van der Waals surface area contributed by atoms with Gasteiger partial charge in [0.2, 0.25) is 0 Å². The number of esters is 2. The van der Waals surface area contributed by atoms with Crippen LogP contribution in [0.2, 0.25) is 0 Å². The summed E-state index contributed by atoms with van der Waals surface area (Å²) in [7, 11) is 0. The topological polar surface area (TPSA) is 110 Å². The van der Waals surface area contributed by atoms with E-state index in [1.54, 1.807) is 0 Å².